The number of halogens is 1. The summed E-state index contributed by atoms with van der Waals surface area (Å²) < 4.78 is 2.58. The third-order valence-electron chi connectivity index (χ3n) is 3.50. The zero-order valence-electron chi connectivity index (χ0n) is 10.9. The molecule has 0 aliphatic rings. The fraction of sp³-hybridized carbons (Fsp3) is 0. The summed E-state index contributed by atoms with van der Waals surface area (Å²) in [6.07, 6.45) is 1.79. The molecule has 2 heterocycles. The molecular formula is C16H10ClN3S. The molecule has 2 aromatic heterocycles. The second kappa shape index (κ2) is 4.69. The van der Waals surface area contributed by atoms with Crippen LogP contribution in [0.2, 0.25) is 5.02 Å². The Balaban J connectivity index is 2.08. The minimum Gasteiger partial charge on any atom is -0.330 e. The number of aromatic nitrogens is 3. The topological polar surface area (TPSA) is 33.6 Å². The van der Waals surface area contributed by atoms with Gasteiger partial charge in [0.15, 0.2) is 4.77 Å². The van der Waals surface area contributed by atoms with Gasteiger partial charge in [-0.15, -0.1) is 0 Å². The van der Waals surface area contributed by atoms with Crippen LogP contribution < -0.4 is 0 Å². The minimum atomic E-state index is 0.626. The first-order valence-corrected chi connectivity index (χ1v) is 7.27. The van der Waals surface area contributed by atoms with Crippen LogP contribution >= 0.6 is 23.8 Å². The van der Waals surface area contributed by atoms with Gasteiger partial charge in [0, 0.05) is 17.3 Å². The predicted octanol–water partition coefficient (Wildman–Crippen LogP) is 4.89. The maximum atomic E-state index is 6.34. The summed E-state index contributed by atoms with van der Waals surface area (Å²) in [4.78, 5) is 7.53. The molecule has 0 aliphatic carbocycles. The average molecular weight is 312 g/mol. The van der Waals surface area contributed by atoms with Crippen LogP contribution in [0.4, 0.5) is 0 Å². The molecule has 0 spiro atoms. The molecule has 2 aromatic carbocycles. The maximum Gasteiger partial charge on any atom is 0.182 e. The molecule has 0 saturated heterocycles. The summed E-state index contributed by atoms with van der Waals surface area (Å²) >= 11 is 11.8. The first kappa shape index (κ1) is 12.6. The Morgan fingerprint density at radius 1 is 1.10 bits per heavy atom. The fourth-order valence-corrected chi connectivity index (χ4v) is 3.13. The van der Waals surface area contributed by atoms with Gasteiger partial charge in [-0.05, 0) is 48.6 Å². The lowest BCUT2D eigenvalue weighted by Crippen LogP contribution is -1.94. The second-order valence-corrected chi connectivity index (χ2v) is 5.58. The Hall–Kier alpha value is -2.17. The number of imidazole rings is 1. The Labute approximate surface area is 130 Å². The van der Waals surface area contributed by atoms with Crippen molar-refractivity contribution in [1.82, 2.24) is 14.5 Å². The largest absolute Gasteiger partial charge is 0.330 e. The molecule has 0 radical (unpaired) electrons. The van der Waals surface area contributed by atoms with E-state index in [1.54, 1.807) is 6.20 Å². The standard InChI is InChI=1S/C16H10ClN3S/c17-12-4-1-5-14-15(12)20(16(21)19-14)11-6-7-13-10(9-11)3-2-8-18-13/h1-9H,(H,19,21). The van der Waals surface area contributed by atoms with E-state index < -0.39 is 0 Å². The summed E-state index contributed by atoms with van der Waals surface area (Å²) in [6, 6.07) is 15.8. The monoisotopic (exact) mass is 311 g/mol. The third kappa shape index (κ3) is 1.95. The van der Waals surface area contributed by atoms with Crippen molar-refractivity contribution in [2.75, 3.05) is 0 Å². The number of pyridine rings is 1. The number of hydrogen-bond acceptors (Lipinski definition) is 2. The van der Waals surface area contributed by atoms with Gasteiger partial charge in [0.25, 0.3) is 0 Å². The van der Waals surface area contributed by atoms with E-state index in [9.17, 15) is 0 Å². The predicted molar refractivity (Wildman–Crippen MR) is 88.8 cm³/mol. The quantitative estimate of drug-likeness (QED) is 0.508. The molecule has 4 rings (SSSR count). The highest BCUT2D eigenvalue weighted by atomic mass is 35.5. The molecule has 0 fully saturated rings. The lowest BCUT2D eigenvalue weighted by atomic mass is 10.2. The highest BCUT2D eigenvalue weighted by Crippen LogP contribution is 2.27. The maximum absolute atomic E-state index is 6.34. The van der Waals surface area contributed by atoms with Crippen molar-refractivity contribution in [3.8, 4) is 5.69 Å². The van der Waals surface area contributed by atoms with E-state index >= 15 is 0 Å². The Morgan fingerprint density at radius 3 is 2.90 bits per heavy atom. The van der Waals surface area contributed by atoms with Crippen molar-refractivity contribution in [2.45, 2.75) is 0 Å². The molecule has 0 amide bonds. The number of benzene rings is 2. The van der Waals surface area contributed by atoms with Crippen molar-refractivity contribution < 1.29 is 0 Å². The van der Waals surface area contributed by atoms with Gasteiger partial charge in [0.05, 0.1) is 21.6 Å². The van der Waals surface area contributed by atoms with E-state index in [0.29, 0.717) is 9.79 Å². The van der Waals surface area contributed by atoms with Crippen LogP contribution in [0, 0.1) is 4.77 Å². The molecule has 0 atom stereocenters. The average Bonchev–Trinajstić information content (AvgIpc) is 2.84. The van der Waals surface area contributed by atoms with Gasteiger partial charge >= 0.3 is 0 Å². The van der Waals surface area contributed by atoms with E-state index in [0.717, 1.165) is 27.6 Å². The smallest absolute Gasteiger partial charge is 0.182 e. The number of H-pyrrole nitrogens is 1. The van der Waals surface area contributed by atoms with Crippen molar-refractivity contribution in [1.29, 1.82) is 0 Å². The summed E-state index contributed by atoms with van der Waals surface area (Å²) in [5.41, 5.74) is 3.75. The number of rotatable bonds is 1. The highest BCUT2D eigenvalue weighted by Gasteiger charge is 2.10. The Morgan fingerprint density at radius 2 is 2.00 bits per heavy atom. The van der Waals surface area contributed by atoms with Gasteiger partial charge in [0.2, 0.25) is 0 Å². The van der Waals surface area contributed by atoms with Gasteiger partial charge in [-0.25, -0.2) is 0 Å². The molecule has 3 nitrogen and oxygen atoms in total. The number of fused-ring (bicyclic) bond motifs is 2. The molecule has 0 saturated carbocycles. The Kier molecular flexibility index (Phi) is 2.80. The summed E-state index contributed by atoms with van der Waals surface area (Å²) in [6.45, 7) is 0. The van der Waals surface area contributed by atoms with E-state index in [4.69, 9.17) is 23.8 Å². The molecule has 1 N–H and O–H groups in total. The van der Waals surface area contributed by atoms with Gasteiger partial charge in [-0.1, -0.05) is 23.7 Å². The van der Waals surface area contributed by atoms with Gasteiger partial charge in [0.1, 0.15) is 0 Å². The van der Waals surface area contributed by atoms with Crippen molar-refractivity contribution in [2.24, 2.45) is 0 Å². The molecule has 0 bridgehead atoms. The van der Waals surface area contributed by atoms with Crippen LogP contribution in [-0.4, -0.2) is 14.5 Å². The second-order valence-electron chi connectivity index (χ2n) is 4.78. The molecule has 0 unspecified atom stereocenters. The van der Waals surface area contributed by atoms with Crippen LogP contribution in [0.1, 0.15) is 0 Å². The molecular weight excluding hydrogens is 302 g/mol. The van der Waals surface area contributed by atoms with E-state index in [2.05, 4.69) is 16.0 Å². The number of aromatic amines is 1. The summed E-state index contributed by atoms with van der Waals surface area (Å²) in [5, 5.41) is 1.74. The number of para-hydroxylation sites is 1. The van der Waals surface area contributed by atoms with E-state index in [-0.39, 0.29) is 0 Å². The van der Waals surface area contributed by atoms with Gasteiger partial charge in [-0.2, -0.15) is 0 Å². The van der Waals surface area contributed by atoms with Crippen LogP contribution in [0.25, 0.3) is 27.6 Å². The zero-order valence-corrected chi connectivity index (χ0v) is 12.4. The summed E-state index contributed by atoms with van der Waals surface area (Å²) in [5.74, 6) is 0. The van der Waals surface area contributed by atoms with Gasteiger partial charge in [-0.3, -0.25) is 9.55 Å². The normalized spacial score (nSPS) is 11.3. The molecule has 21 heavy (non-hydrogen) atoms. The Bertz CT molecular complexity index is 1030. The lowest BCUT2D eigenvalue weighted by molar-refractivity contribution is 1.07. The van der Waals surface area contributed by atoms with E-state index in [1.165, 1.54) is 0 Å². The highest BCUT2D eigenvalue weighted by molar-refractivity contribution is 7.71. The number of nitrogens with zero attached hydrogens (tertiary/aromatic N) is 2. The summed E-state index contributed by atoms with van der Waals surface area (Å²) in [7, 11) is 0. The SMILES string of the molecule is S=c1[nH]c2cccc(Cl)c2n1-c1ccc2ncccc2c1. The third-order valence-corrected chi connectivity index (χ3v) is 4.09. The van der Waals surface area contributed by atoms with E-state index in [1.807, 2.05) is 47.0 Å². The van der Waals surface area contributed by atoms with Crippen LogP contribution in [0.5, 0.6) is 0 Å². The van der Waals surface area contributed by atoms with Gasteiger partial charge < -0.3 is 4.98 Å². The molecule has 102 valence electrons. The van der Waals surface area contributed by atoms with Crippen molar-refractivity contribution in [3.63, 3.8) is 0 Å². The fourth-order valence-electron chi connectivity index (χ4n) is 2.56. The number of nitrogens with one attached hydrogen (secondary N) is 1. The number of hydrogen-bond donors (Lipinski definition) is 1. The van der Waals surface area contributed by atoms with Crippen molar-refractivity contribution in [3.05, 3.63) is 64.5 Å². The first-order valence-electron chi connectivity index (χ1n) is 6.48. The molecule has 0 aliphatic heterocycles. The zero-order chi connectivity index (χ0) is 14.4. The van der Waals surface area contributed by atoms with Crippen LogP contribution in [-0.2, 0) is 0 Å². The minimum absolute atomic E-state index is 0.626. The van der Waals surface area contributed by atoms with Crippen LogP contribution in [0.3, 0.4) is 0 Å². The first-order chi connectivity index (χ1) is 10.2. The molecule has 5 heteroatoms. The van der Waals surface area contributed by atoms with Crippen molar-refractivity contribution >= 4 is 45.8 Å². The van der Waals surface area contributed by atoms with Crippen LogP contribution in [0.15, 0.2) is 54.7 Å². The molecule has 4 aromatic rings. The lowest BCUT2D eigenvalue weighted by Gasteiger charge is -2.07.